The van der Waals surface area contributed by atoms with Crippen LogP contribution in [0.3, 0.4) is 0 Å². The lowest BCUT2D eigenvalue weighted by atomic mass is 10.1. The molecule has 0 saturated carbocycles. The van der Waals surface area contributed by atoms with Crippen LogP contribution in [0.2, 0.25) is 0 Å². The van der Waals surface area contributed by atoms with Crippen LogP contribution in [-0.4, -0.2) is 4.98 Å². The predicted molar refractivity (Wildman–Crippen MR) is 68.7 cm³/mol. The molecule has 2 aromatic rings. The Balaban J connectivity index is 2.07. The van der Waals surface area contributed by atoms with E-state index in [-0.39, 0.29) is 0 Å². The Hall–Kier alpha value is -0.670. The van der Waals surface area contributed by atoms with Crippen molar-refractivity contribution in [3.05, 3.63) is 52.0 Å². The van der Waals surface area contributed by atoms with Crippen LogP contribution in [0.25, 0.3) is 0 Å². The average Bonchev–Trinajstić information content (AvgIpc) is 2.66. The SMILES string of the molecule is Cc1csc(C(Br)Cc2ccncc2)c1. The van der Waals surface area contributed by atoms with Gasteiger partial charge in [0.05, 0.1) is 4.83 Å². The highest BCUT2D eigenvalue weighted by Gasteiger charge is 2.09. The molecule has 2 aromatic heterocycles. The molecule has 0 fully saturated rings. The molecule has 0 bridgehead atoms. The summed E-state index contributed by atoms with van der Waals surface area (Å²) >= 11 is 5.54. The van der Waals surface area contributed by atoms with Gasteiger partial charge in [0.15, 0.2) is 0 Å². The van der Waals surface area contributed by atoms with Gasteiger partial charge in [-0.25, -0.2) is 0 Å². The fourth-order valence-corrected chi connectivity index (χ4v) is 3.15. The molecule has 0 N–H and O–H groups in total. The molecule has 0 aliphatic carbocycles. The molecule has 0 spiro atoms. The normalized spacial score (nSPS) is 12.7. The third-order valence-corrected chi connectivity index (χ3v) is 4.51. The second-order valence-corrected chi connectivity index (χ2v) is 5.60. The fraction of sp³-hybridized carbons (Fsp3) is 0.250. The number of nitrogens with zero attached hydrogens (tertiary/aromatic N) is 1. The summed E-state index contributed by atoms with van der Waals surface area (Å²) in [5, 5.41) is 2.19. The molecule has 0 aliphatic heterocycles. The summed E-state index contributed by atoms with van der Waals surface area (Å²) < 4.78 is 0. The van der Waals surface area contributed by atoms with Crippen LogP contribution in [0.5, 0.6) is 0 Å². The number of hydrogen-bond acceptors (Lipinski definition) is 2. The number of rotatable bonds is 3. The number of halogens is 1. The van der Waals surface area contributed by atoms with Gasteiger partial charge in [0.1, 0.15) is 0 Å². The Labute approximate surface area is 102 Å². The van der Waals surface area contributed by atoms with E-state index >= 15 is 0 Å². The maximum Gasteiger partial charge on any atom is 0.0529 e. The summed E-state index contributed by atoms with van der Waals surface area (Å²) in [6, 6.07) is 6.37. The molecule has 3 heteroatoms. The number of pyridine rings is 1. The first-order valence-corrected chi connectivity index (χ1v) is 6.63. The van der Waals surface area contributed by atoms with E-state index < -0.39 is 0 Å². The molecule has 0 aliphatic rings. The lowest BCUT2D eigenvalue weighted by Crippen LogP contribution is -1.92. The van der Waals surface area contributed by atoms with Crippen LogP contribution in [0, 0.1) is 6.92 Å². The van der Waals surface area contributed by atoms with Crippen molar-refractivity contribution in [2.24, 2.45) is 0 Å². The number of thiophene rings is 1. The minimum Gasteiger partial charge on any atom is -0.265 e. The van der Waals surface area contributed by atoms with E-state index in [1.165, 1.54) is 16.0 Å². The highest BCUT2D eigenvalue weighted by atomic mass is 79.9. The molecule has 0 saturated heterocycles. The number of aromatic nitrogens is 1. The van der Waals surface area contributed by atoms with Crippen molar-refractivity contribution in [3.63, 3.8) is 0 Å². The van der Waals surface area contributed by atoms with Gasteiger partial charge >= 0.3 is 0 Å². The van der Waals surface area contributed by atoms with Crippen LogP contribution in [0.4, 0.5) is 0 Å². The van der Waals surface area contributed by atoms with Crippen LogP contribution in [0.15, 0.2) is 36.0 Å². The molecule has 0 aromatic carbocycles. The molecule has 2 heterocycles. The van der Waals surface area contributed by atoms with Crippen LogP contribution < -0.4 is 0 Å². The van der Waals surface area contributed by atoms with E-state index in [4.69, 9.17) is 0 Å². The van der Waals surface area contributed by atoms with Gasteiger partial charge in [-0.1, -0.05) is 15.9 Å². The zero-order valence-electron chi connectivity index (χ0n) is 8.48. The summed E-state index contributed by atoms with van der Waals surface area (Å²) in [5.74, 6) is 0. The van der Waals surface area contributed by atoms with Crippen molar-refractivity contribution in [1.29, 1.82) is 0 Å². The molecule has 1 atom stereocenters. The number of hydrogen-bond donors (Lipinski definition) is 0. The molecule has 2 rings (SSSR count). The Bertz CT molecular complexity index is 424. The first-order chi connectivity index (χ1) is 7.25. The molecular weight excluding hydrogens is 270 g/mol. The maximum atomic E-state index is 4.02. The van der Waals surface area contributed by atoms with Crippen molar-refractivity contribution in [1.82, 2.24) is 4.98 Å². The van der Waals surface area contributed by atoms with Gasteiger partial charge < -0.3 is 0 Å². The van der Waals surface area contributed by atoms with Crippen molar-refractivity contribution in [2.45, 2.75) is 18.2 Å². The smallest absolute Gasteiger partial charge is 0.0529 e. The summed E-state index contributed by atoms with van der Waals surface area (Å²) in [4.78, 5) is 5.83. The molecule has 15 heavy (non-hydrogen) atoms. The molecular formula is C12H12BrNS. The Morgan fingerprint density at radius 2 is 2.13 bits per heavy atom. The summed E-state index contributed by atoms with van der Waals surface area (Å²) in [6.45, 7) is 2.13. The number of alkyl halides is 1. The molecule has 78 valence electrons. The van der Waals surface area contributed by atoms with Gasteiger partial charge in [0.2, 0.25) is 0 Å². The van der Waals surface area contributed by atoms with Crippen LogP contribution in [0.1, 0.15) is 20.8 Å². The minimum atomic E-state index is 0.415. The Kier molecular flexibility index (Phi) is 3.54. The third-order valence-electron chi connectivity index (χ3n) is 2.22. The first kappa shape index (κ1) is 10.8. The topological polar surface area (TPSA) is 12.9 Å². The Morgan fingerprint density at radius 3 is 2.73 bits per heavy atom. The average molecular weight is 282 g/mol. The van der Waals surface area contributed by atoms with E-state index in [2.05, 4.69) is 51.4 Å². The summed E-state index contributed by atoms with van der Waals surface area (Å²) in [7, 11) is 0. The van der Waals surface area contributed by atoms with E-state index in [0.717, 1.165) is 6.42 Å². The summed E-state index contributed by atoms with van der Waals surface area (Å²) in [5.41, 5.74) is 2.66. The second-order valence-electron chi connectivity index (χ2n) is 3.55. The molecule has 1 nitrogen and oxygen atoms in total. The maximum absolute atomic E-state index is 4.02. The lowest BCUT2D eigenvalue weighted by molar-refractivity contribution is 0.963. The molecule has 0 radical (unpaired) electrons. The molecule has 1 unspecified atom stereocenters. The fourth-order valence-electron chi connectivity index (χ4n) is 1.44. The monoisotopic (exact) mass is 281 g/mol. The second kappa shape index (κ2) is 4.90. The third kappa shape index (κ3) is 2.89. The predicted octanol–water partition coefficient (Wildman–Crippen LogP) is 4.13. The van der Waals surface area contributed by atoms with Crippen molar-refractivity contribution in [2.75, 3.05) is 0 Å². The van der Waals surface area contributed by atoms with Gasteiger partial charge in [-0.2, -0.15) is 0 Å². The standard InChI is InChI=1S/C12H12BrNS/c1-9-6-12(15-8-9)11(13)7-10-2-4-14-5-3-10/h2-6,8,11H,7H2,1H3. The zero-order valence-corrected chi connectivity index (χ0v) is 10.9. The van der Waals surface area contributed by atoms with E-state index in [1.807, 2.05) is 23.7 Å². The van der Waals surface area contributed by atoms with Crippen LogP contribution >= 0.6 is 27.3 Å². The van der Waals surface area contributed by atoms with E-state index in [0.29, 0.717) is 4.83 Å². The zero-order chi connectivity index (χ0) is 10.7. The number of aryl methyl sites for hydroxylation is 1. The highest BCUT2D eigenvalue weighted by molar-refractivity contribution is 9.09. The van der Waals surface area contributed by atoms with Crippen molar-refractivity contribution < 1.29 is 0 Å². The van der Waals surface area contributed by atoms with Crippen molar-refractivity contribution in [3.8, 4) is 0 Å². The largest absolute Gasteiger partial charge is 0.265 e. The summed E-state index contributed by atoms with van der Waals surface area (Å²) in [6.07, 6.45) is 4.70. The van der Waals surface area contributed by atoms with Gasteiger partial charge in [0.25, 0.3) is 0 Å². The van der Waals surface area contributed by atoms with E-state index in [1.54, 1.807) is 0 Å². The quantitative estimate of drug-likeness (QED) is 0.771. The van der Waals surface area contributed by atoms with Crippen LogP contribution in [-0.2, 0) is 6.42 Å². The van der Waals surface area contributed by atoms with Gasteiger partial charge in [-0.15, -0.1) is 11.3 Å². The molecule has 0 amide bonds. The first-order valence-electron chi connectivity index (χ1n) is 4.83. The van der Waals surface area contributed by atoms with Crippen molar-refractivity contribution >= 4 is 27.3 Å². The van der Waals surface area contributed by atoms with Gasteiger partial charge in [-0.05, 0) is 48.1 Å². The lowest BCUT2D eigenvalue weighted by Gasteiger charge is -2.06. The van der Waals surface area contributed by atoms with E-state index in [9.17, 15) is 0 Å². The highest BCUT2D eigenvalue weighted by Crippen LogP contribution is 2.31. The van der Waals surface area contributed by atoms with Gasteiger partial charge in [-0.3, -0.25) is 4.98 Å². The van der Waals surface area contributed by atoms with Gasteiger partial charge in [0, 0.05) is 17.3 Å². The Morgan fingerprint density at radius 1 is 1.40 bits per heavy atom. The minimum absolute atomic E-state index is 0.415.